The van der Waals surface area contributed by atoms with Gasteiger partial charge in [-0.05, 0) is 30.4 Å². The first-order valence-corrected chi connectivity index (χ1v) is 12.7. The fraction of sp³-hybridized carbons (Fsp3) is 0.462. The second-order valence-corrected chi connectivity index (χ2v) is 9.92. The molecule has 4 amide bonds. The minimum Gasteiger partial charge on any atom is -0.481 e. The van der Waals surface area contributed by atoms with E-state index in [1.807, 2.05) is 13.8 Å². The molecule has 218 valence electrons. The molecule has 0 spiro atoms. The molecule has 0 fully saturated rings. The lowest BCUT2D eigenvalue weighted by Crippen LogP contribution is -2.58. The van der Waals surface area contributed by atoms with Crippen LogP contribution in [0.15, 0.2) is 30.5 Å². The first-order valence-electron chi connectivity index (χ1n) is 12.7. The molecule has 0 saturated heterocycles. The van der Waals surface area contributed by atoms with Crippen LogP contribution in [-0.2, 0) is 35.2 Å². The molecule has 0 aliphatic heterocycles. The number of nitrogens with one attached hydrogen (secondary N) is 4. The Morgan fingerprint density at radius 2 is 1.50 bits per heavy atom. The van der Waals surface area contributed by atoms with Crippen molar-refractivity contribution in [2.75, 3.05) is 0 Å². The Balaban J connectivity index is 2.32. The van der Waals surface area contributed by atoms with E-state index in [-0.39, 0.29) is 25.2 Å². The average Bonchev–Trinajstić information content (AvgIpc) is 3.27. The Bertz CT molecular complexity index is 1240. The first-order chi connectivity index (χ1) is 18.8. The standard InChI is InChI=1S/C26H36N6O8/c1-13(2)9-16(27)23(36)31-20(11-22(34)35)25(38)32-19(10-14-12-29-17-6-4-3-5-15(14)17)24(37)30-18(26(39)40)7-8-21(28)33/h3-6,12-13,16,18-20,29H,7-11,27H2,1-2H3,(H2,28,33)(H,30,37)(H,31,36)(H,32,38)(H,34,35)(H,39,40). The Morgan fingerprint density at radius 3 is 2.10 bits per heavy atom. The van der Waals surface area contributed by atoms with E-state index in [1.165, 1.54) is 0 Å². The predicted octanol–water partition coefficient (Wildman–Crippen LogP) is -0.637. The van der Waals surface area contributed by atoms with Crippen LogP contribution < -0.4 is 27.4 Å². The van der Waals surface area contributed by atoms with Gasteiger partial charge < -0.3 is 42.6 Å². The van der Waals surface area contributed by atoms with Crippen molar-refractivity contribution in [3.63, 3.8) is 0 Å². The van der Waals surface area contributed by atoms with E-state index in [1.54, 1.807) is 30.5 Å². The molecule has 0 aliphatic carbocycles. The molecule has 2 rings (SSSR count). The number of aliphatic carboxylic acids is 2. The summed E-state index contributed by atoms with van der Waals surface area (Å²) < 4.78 is 0. The molecule has 1 aromatic carbocycles. The first kappa shape index (κ1) is 31.8. The van der Waals surface area contributed by atoms with Crippen molar-refractivity contribution in [3.8, 4) is 0 Å². The van der Waals surface area contributed by atoms with Crippen molar-refractivity contribution >= 4 is 46.5 Å². The van der Waals surface area contributed by atoms with E-state index >= 15 is 0 Å². The summed E-state index contributed by atoms with van der Waals surface area (Å²) in [5, 5.41) is 26.7. The summed E-state index contributed by atoms with van der Waals surface area (Å²) >= 11 is 0. The number of hydrogen-bond acceptors (Lipinski definition) is 7. The van der Waals surface area contributed by atoms with E-state index in [0.29, 0.717) is 12.0 Å². The number of carboxylic acid groups (broad SMARTS) is 2. The van der Waals surface area contributed by atoms with E-state index < -0.39 is 66.2 Å². The van der Waals surface area contributed by atoms with Gasteiger partial charge >= 0.3 is 11.9 Å². The zero-order valence-electron chi connectivity index (χ0n) is 22.3. The molecule has 2 aromatic rings. The normalized spacial score (nSPS) is 14.1. The van der Waals surface area contributed by atoms with E-state index in [0.717, 1.165) is 10.9 Å². The zero-order valence-corrected chi connectivity index (χ0v) is 22.3. The number of aromatic amines is 1. The number of hydrogen-bond donors (Lipinski definition) is 8. The molecule has 4 unspecified atom stereocenters. The van der Waals surface area contributed by atoms with Gasteiger partial charge in [0.25, 0.3) is 0 Å². The van der Waals surface area contributed by atoms with E-state index in [4.69, 9.17) is 11.5 Å². The van der Waals surface area contributed by atoms with Crippen molar-refractivity contribution in [2.24, 2.45) is 17.4 Å². The Hall–Kier alpha value is -4.46. The minimum absolute atomic E-state index is 0.0634. The van der Waals surface area contributed by atoms with Crippen LogP contribution in [0.1, 0.15) is 45.1 Å². The SMILES string of the molecule is CC(C)CC(N)C(=O)NC(CC(=O)O)C(=O)NC(Cc1c[nH]c2ccccc12)C(=O)NC(CCC(N)=O)C(=O)O. The topological polar surface area (TPSA) is 247 Å². The van der Waals surface area contributed by atoms with Gasteiger partial charge in [0.1, 0.15) is 18.1 Å². The van der Waals surface area contributed by atoms with Crippen LogP contribution in [0.5, 0.6) is 0 Å². The second-order valence-electron chi connectivity index (χ2n) is 9.92. The average molecular weight is 561 g/mol. The molecular weight excluding hydrogens is 524 g/mol. The van der Waals surface area contributed by atoms with E-state index in [2.05, 4.69) is 20.9 Å². The Labute approximate surface area is 230 Å². The predicted molar refractivity (Wildman–Crippen MR) is 144 cm³/mol. The molecule has 0 bridgehead atoms. The number of nitrogens with two attached hydrogens (primary N) is 2. The molecular formula is C26H36N6O8. The lowest BCUT2D eigenvalue weighted by atomic mass is 10.0. The highest BCUT2D eigenvalue weighted by molar-refractivity contribution is 5.96. The number of aromatic nitrogens is 1. The maximum atomic E-state index is 13.3. The van der Waals surface area contributed by atoms with Crippen molar-refractivity contribution in [1.82, 2.24) is 20.9 Å². The number of H-pyrrole nitrogens is 1. The minimum atomic E-state index is -1.56. The summed E-state index contributed by atoms with van der Waals surface area (Å²) in [6.07, 6.45) is 0.435. The third-order valence-corrected chi connectivity index (χ3v) is 6.10. The number of rotatable bonds is 16. The molecule has 14 nitrogen and oxygen atoms in total. The molecule has 1 heterocycles. The lowest BCUT2D eigenvalue weighted by molar-refractivity contribution is -0.143. The number of fused-ring (bicyclic) bond motifs is 1. The fourth-order valence-corrected chi connectivity index (χ4v) is 4.10. The largest absolute Gasteiger partial charge is 0.481 e. The number of carbonyl (C=O) groups excluding carboxylic acids is 4. The van der Waals surface area contributed by atoms with Crippen LogP contribution in [0, 0.1) is 5.92 Å². The number of carbonyl (C=O) groups is 6. The summed E-state index contributed by atoms with van der Waals surface area (Å²) in [7, 11) is 0. The van der Waals surface area contributed by atoms with E-state index in [9.17, 15) is 39.0 Å². The van der Waals surface area contributed by atoms with Crippen LogP contribution in [0.25, 0.3) is 10.9 Å². The van der Waals surface area contributed by atoms with Gasteiger partial charge in [0, 0.05) is 29.9 Å². The van der Waals surface area contributed by atoms with Gasteiger partial charge in [0.2, 0.25) is 23.6 Å². The van der Waals surface area contributed by atoms with Gasteiger partial charge in [-0.3, -0.25) is 24.0 Å². The highest BCUT2D eigenvalue weighted by Crippen LogP contribution is 2.19. The monoisotopic (exact) mass is 560 g/mol. The summed E-state index contributed by atoms with van der Waals surface area (Å²) in [4.78, 5) is 76.4. The van der Waals surface area contributed by atoms with Crippen molar-refractivity contribution < 1.29 is 39.0 Å². The van der Waals surface area contributed by atoms with Gasteiger partial charge in [0.15, 0.2) is 0 Å². The van der Waals surface area contributed by atoms with Crippen LogP contribution in [0.2, 0.25) is 0 Å². The molecule has 1 aromatic heterocycles. The van der Waals surface area contributed by atoms with Crippen LogP contribution in [0.4, 0.5) is 0 Å². The smallest absolute Gasteiger partial charge is 0.326 e. The van der Waals surface area contributed by atoms with Crippen molar-refractivity contribution in [1.29, 1.82) is 0 Å². The summed E-state index contributed by atoms with van der Waals surface area (Å²) in [5.41, 5.74) is 12.3. The molecule has 0 radical (unpaired) electrons. The van der Waals surface area contributed by atoms with Gasteiger partial charge in [0.05, 0.1) is 12.5 Å². The highest BCUT2D eigenvalue weighted by atomic mass is 16.4. The third-order valence-electron chi connectivity index (χ3n) is 6.10. The van der Waals surface area contributed by atoms with Crippen molar-refractivity contribution in [2.45, 2.75) is 70.1 Å². The van der Waals surface area contributed by atoms with Gasteiger partial charge in [-0.25, -0.2) is 4.79 Å². The summed E-state index contributed by atoms with van der Waals surface area (Å²) in [6, 6.07) is 1.75. The van der Waals surface area contributed by atoms with Crippen molar-refractivity contribution in [3.05, 3.63) is 36.0 Å². The van der Waals surface area contributed by atoms with Gasteiger partial charge in [-0.15, -0.1) is 0 Å². The van der Waals surface area contributed by atoms with Gasteiger partial charge in [-0.2, -0.15) is 0 Å². The number of primary amides is 1. The fourth-order valence-electron chi connectivity index (χ4n) is 4.10. The summed E-state index contributed by atoms with van der Waals surface area (Å²) in [5.74, 6) is -6.09. The number of amides is 4. The highest BCUT2D eigenvalue weighted by Gasteiger charge is 2.32. The number of para-hydroxylation sites is 1. The number of carboxylic acids is 2. The second kappa shape index (κ2) is 14.6. The molecule has 14 heteroatoms. The molecule has 0 saturated carbocycles. The third kappa shape index (κ3) is 9.69. The lowest BCUT2D eigenvalue weighted by Gasteiger charge is -2.25. The quantitative estimate of drug-likeness (QED) is 0.130. The maximum absolute atomic E-state index is 13.3. The zero-order chi connectivity index (χ0) is 30.0. The van der Waals surface area contributed by atoms with Crippen LogP contribution in [-0.4, -0.2) is 74.9 Å². The Kier molecular flexibility index (Phi) is 11.6. The molecule has 4 atom stereocenters. The summed E-state index contributed by atoms with van der Waals surface area (Å²) in [6.45, 7) is 3.69. The molecule has 10 N–H and O–H groups in total. The molecule has 0 aliphatic rings. The van der Waals surface area contributed by atoms with Gasteiger partial charge in [-0.1, -0.05) is 32.0 Å². The maximum Gasteiger partial charge on any atom is 0.326 e. The molecule has 40 heavy (non-hydrogen) atoms. The Morgan fingerprint density at radius 1 is 0.900 bits per heavy atom. The van der Waals surface area contributed by atoms with Crippen LogP contribution >= 0.6 is 0 Å². The number of benzene rings is 1. The van der Waals surface area contributed by atoms with Crippen LogP contribution in [0.3, 0.4) is 0 Å².